The molecular formula is C13H23IN4OS. The molecule has 0 bridgehead atoms. The molecule has 0 saturated heterocycles. The van der Waals surface area contributed by atoms with Crippen molar-refractivity contribution < 1.29 is 4.74 Å². The molecule has 20 heavy (non-hydrogen) atoms. The first-order valence-electron chi connectivity index (χ1n) is 6.31. The molecule has 5 nitrogen and oxygen atoms in total. The number of hydrogen-bond donors (Lipinski definition) is 2. The van der Waals surface area contributed by atoms with Crippen LogP contribution in [0.2, 0.25) is 0 Å². The van der Waals surface area contributed by atoms with Crippen molar-refractivity contribution >= 4 is 41.7 Å². The molecule has 0 aliphatic rings. The molecule has 1 aromatic heterocycles. The first kappa shape index (κ1) is 19.3. The molecule has 0 unspecified atom stereocenters. The molecule has 0 aromatic carbocycles. The minimum atomic E-state index is 0. The molecule has 0 amide bonds. The summed E-state index contributed by atoms with van der Waals surface area (Å²) in [6.45, 7) is 4.33. The molecule has 0 fully saturated rings. The Morgan fingerprint density at radius 3 is 2.85 bits per heavy atom. The number of thioether (sulfide) groups is 1. The lowest BCUT2D eigenvalue weighted by atomic mass is 10.3. The summed E-state index contributed by atoms with van der Waals surface area (Å²) < 4.78 is 5.10. The third-order valence-electron chi connectivity index (χ3n) is 2.33. The van der Waals surface area contributed by atoms with Gasteiger partial charge in [0.2, 0.25) is 5.88 Å². The van der Waals surface area contributed by atoms with Gasteiger partial charge in [-0.2, -0.15) is 11.8 Å². The van der Waals surface area contributed by atoms with Crippen LogP contribution in [0.3, 0.4) is 0 Å². The highest BCUT2D eigenvalue weighted by Crippen LogP contribution is 2.07. The number of pyridine rings is 1. The second-order valence-electron chi connectivity index (χ2n) is 3.79. The quantitative estimate of drug-likeness (QED) is 0.312. The summed E-state index contributed by atoms with van der Waals surface area (Å²) in [6, 6.07) is 5.69. The Labute approximate surface area is 142 Å². The number of ether oxygens (including phenoxy) is 1. The predicted octanol–water partition coefficient (Wildman–Crippen LogP) is 2.13. The van der Waals surface area contributed by atoms with Crippen LogP contribution in [0.15, 0.2) is 23.2 Å². The van der Waals surface area contributed by atoms with Crippen molar-refractivity contribution in [2.45, 2.75) is 13.5 Å². The molecule has 2 N–H and O–H groups in total. The van der Waals surface area contributed by atoms with Crippen molar-refractivity contribution in [1.29, 1.82) is 0 Å². The Balaban J connectivity index is 0.00000361. The molecule has 7 heteroatoms. The van der Waals surface area contributed by atoms with Gasteiger partial charge >= 0.3 is 0 Å². The van der Waals surface area contributed by atoms with Gasteiger partial charge in [-0.15, -0.1) is 24.0 Å². The maximum Gasteiger partial charge on any atom is 0.213 e. The predicted molar refractivity (Wildman–Crippen MR) is 97.4 cm³/mol. The molecule has 0 radical (unpaired) electrons. The minimum absolute atomic E-state index is 0. The van der Waals surface area contributed by atoms with E-state index in [2.05, 4.69) is 33.8 Å². The lowest BCUT2D eigenvalue weighted by Gasteiger charge is -2.10. The summed E-state index contributed by atoms with van der Waals surface area (Å²) in [5.74, 6) is 2.50. The maximum atomic E-state index is 5.10. The number of aliphatic imine (C=N–C) groups is 1. The van der Waals surface area contributed by atoms with E-state index in [0.29, 0.717) is 12.4 Å². The van der Waals surface area contributed by atoms with Gasteiger partial charge in [0.05, 0.1) is 19.3 Å². The third-order valence-corrected chi connectivity index (χ3v) is 2.94. The van der Waals surface area contributed by atoms with Crippen LogP contribution in [0, 0.1) is 0 Å². The van der Waals surface area contributed by atoms with Gasteiger partial charge in [0, 0.05) is 24.9 Å². The second kappa shape index (κ2) is 12.1. The van der Waals surface area contributed by atoms with Crippen LogP contribution in [0.1, 0.15) is 12.6 Å². The van der Waals surface area contributed by atoms with Crippen molar-refractivity contribution in [3.8, 4) is 5.88 Å². The lowest BCUT2D eigenvalue weighted by molar-refractivity contribution is 0.396. The number of rotatable bonds is 7. The zero-order chi connectivity index (χ0) is 13.9. The number of nitrogens with zero attached hydrogens (tertiary/aromatic N) is 2. The van der Waals surface area contributed by atoms with Crippen LogP contribution in [0.4, 0.5) is 0 Å². The van der Waals surface area contributed by atoms with E-state index in [-0.39, 0.29) is 24.0 Å². The third kappa shape index (κ3) is 7.78. The van der Waals surface area contributed by atoms with Gasteiger partial charge in [-0.3, -0.25) is 0 Å². The first-order chi connectivity index (χ1) is 9.30. The summed E-state index contributed by atoms with van der Waals surface area (Å²) in [7, 11) is 1.61. The Morgan fingerprint density at radius 2 is 2.20 bits per heavy atom. The number of hydrogen-bond acceptors (Lipinski definition) is 4. The molecule has 114 valence electrons. The standard InChI is InChI=1S/C13H22N4OS.HI/c1-4-14-13(15-8-9-19-3)16-10-11-6-5-7-12(17-11)18-2;/h5-7H,4,8-10H2,1-3H3,(H2,14,15,16);1H. The van der Waals surface area contributed by atoms with Crippen LogP contribution >= 0.6 is 35.7 Å². The van der Waals surface area contributed by atoms with Gasteiger partial charge in [0.25, 0.3) is 0 Å². The highest BCUT2D eigenvalue weighted by atomic mass is 127. The topological polar surface area (TPSA) is 58.5 Å². The van der Waals surface area contributed by atoms with E-state index in [1.807, 2.05) is 18.2 Å². The monoisotopic (exact) mass is 410 g/mol. The van der Waals surface area contributed by atoms with Crippen molar-refractivity contribution in [2.24, 2.45) is 4.99 Å². The van der Waals surface area contributed by atoms with Gasteiger partial charge in [0.15, 0.2) is 5.96 Å². The average Bonchev–Trinajstić information content (AvgIpc) is 2.45. The van der Waals surface area contributed by atoms with Crippen molar-refractivity contribution in [3.63, 3.8) is 0 Å². The van der Waals surface area contributed by atoms with Crippen LogP contribution in [-0.4, -0.2) is 43.2 Å². The van der Waals surface area contributed by atoms with Crippen LogP contribution in [0.25, 0.3) is 0 Å². The minimum Gasteiger partial charge on any atom is -0.481 e. The summed E-state index contributed by atoms with van der Waals surface area (Å²) in [6.07, 6.45) is 2.09. The molecule has 1 rings (SSSR count). The summed E-state index contributed by atoms with van der Waals surface area (Å²) in [4.78, 5) is 8.83. The van der Waals surface area contributed by atoms with Gasteiger partial charge in [-0.1, -0.05) is 6.07 Å². The SMILES string of the molecule is CCNC(=NCc1cccc(OC)n1)NCCSC.I. The molecule has 0 saturated carbocycles. The van der Waals surface area contributed by atoms with E-state index in [0.717, 1.165) is 30.5 Å². The van der Waals surface area contributed by atoms with Gasteiger partial charge in [0.1, 0.15) is 0 Å². The van der Waals surface area contributed by atoms with E-state index < -0.39 is 0 Å². The summed E-state index contributed by atoms with van der Waals surface area (Å²) in [5, 5.41) is 6.49. The average molecular weight is 410 g/mol. The Kier molecular flexibility index (Phi) is 11.6. The van der Waals surface area contributed by atoms with E-state index >= 15 is 0 Å². The zero-order valence-electron chi connectivity index (χ0n) is 12.2. The second-order valence-corrected chi connectivity index (χ2v) is 4.77. The number of aromatic nitrogens is 1. The number of nitrogens with one attached hydrogen (secondary N) is 2. The smallest absolute Gasteiger partial charge is 0.213 e. The van der Waals surface area contributed by atoms with Crippen LogP contribution in [0.5, 0.6) is 5.88 Å². The largest absolute Gasteiger partial charge is 0.481 e. The highest BCUT2D eigenvalue weighted by Gasteiger charge is 1.99. The van der Waals surface area contributed by atoms with Crippen molar-refractivity contribution in [2.75, 3.05) is 32.2 Å². The molecule has 0 spiro atoms. The number of methoxy groups -OCH3 is 1. The van der Waals surface area contributed by atoms with Gasteiger partial charge in [-0.05, 0) is 19.2 Å². The molecular weight excluding hydrogens is 387 g/mol. The molecule has 1 aromatic rings. The molecule has 0 atom stereocenters. The fraction of sp³-hybridized carbons (Fsp3) is 0.538. The number of halogens is 1. The van der Waals surface area contributed by atoms with Crippen molar-refractivity contribution in [3.05, 3.63) is 23.9 Å². The molecule has 0 aliphatic carbocycles. The Bertz CT molecular complexity index is 404. The maximum absolute atomic E-state index is 5.10. The fourth-order valence-electron chi connectivity index (χ4n) is 1.43. The summed E-state index contributed by atoms with van der Waals surface area (Å²) >= 11 is 1.81. The van der Waals surface area contributed by atoms with Crippen LogP contribution < -0.4 is 15.4 Å². The lowest BCUT2D eigenvalue weighted by Crippen LogP contribution is -2.38. The summed E-state index contributed by atoms with van der Waals surface area (Å²) in [5.41, 5.74) is 0.890. The van der Waals surface area contributed by atoms with Crippen molar-refractivity contribution in [1.82, 2.24) is 15.6 Å². The molecule has 0 aliphatic heterocycles. The first-order valence-corrected chi connectivity index (χ1v) is 7.70. The zero-order valence-corrected chi connectivity index (χ0v) is 15.3. The highest BCUT2D eigenvalue weighted by molar-refractivity contribution is 14.0. The van der Waals surface area contributed by atoms with E-state index in [1.54, 1.807) is 18.9 Å². The Hall–Kier alpha value is -0.700. The van der Waals surface area contributed by atoms with Gasteiger partial charge < -0.3 is 15.4 Å². The molecule has 1 heterocycles. The van der Waals surface area contributed by atoms with E-state index in [9.17, 15) is 0 Å². The van der Waals surface area contributed by atoms with E-state index in [1.165, 1.54) is 0 Å². The Morgan fingerprint density at radius 1 is 1.40 bits per heavy atom. The normalized spacial score (nSPS) is 10.7. The fourth-order valence-corrected chi connectivity index (χ4v) is 1.74. The van der Waals surface area contributed by atoms with Crippen LogP contribution in [-0.2, 0) is 6.54 Å². The van der Waals surface area contributed by atoms with Gasteiger partial charge in [-0.25, -0.2) is 9.98 Å². The van der Waals surface area contributed by atoms with E-state index in [4.69, 9.17) is 4.74 Å². The number of guanidine groups is 1.